The zero-order chi connectivity index (χ0) is 37.5. The smallest absolute Gasteiger partial charge is 0.227 e. The number of para-hydroxylation sites is 4. The molecule has 0 spiro atoms. The number of nitrogens with zero attached hydrogens (tertiary/aromatic N) is 4. The minimum atomic E-state index is 0.610. The third kappa shape index (κ3) is 4.79. The molecule has 0 unspecified atom stereocenters. The molecule has 12 aromatic rings. The van der Waals surface area contributed by atoms with E-state index in [1.54, 1.807) is 12.4 Å². The Bertz CT molecular complexity index is 3500. The average Bonchev–Trinajstić information content (AvgIpc) is 3.97. The Morgan fingerprint density at radius 3 is 1.53 bits per heavy atom. The lowest BCUT2D eigenvalue weighted by molar-refractivity contribution is 0.654. The van der Waals surface area contributed by atoms with Crippen molar-refractivity contribution in [2.45, 2.75) is 0 Å². The molecule has 7 aromatic carbocycles. The van der Waals surface area contributed by atoms with Gasteiger partial charge >= 0.3 is 0 Å². The van der Waals surface area contributed by atoms with E-state index in [0.29, 0.717) is 11.4 Å². The predicted octanol–water partition coefficient (Wildman–Crippen LogP) is 14.3. The van der Waals surface area contributed by atoms with Crippen molar-refractivity contribution >= 4 is 111 Å². The third-order valence-corrected chi connectivity index (χ3v) is 11.0. The second-order valence-electron chi connectivity index (χ2n) is 14.2. The molecule has 57 heavy (non-hydrogen) atoms. The fourth-order valence-corrected chi connectivity index (χ4v) is 8.51. The summed E-state index contributed by atoms with van der Waals surface area (Å²) in [5.41, 5.74) is 10.0. The van der Waals surface area contributed by atoms with Gasteiger partial charge in [-0.05, 0) is 78.2 Å². The maximum Gasteiger partial charge on any atom is 0.227 e. The highest BCUT2D eigenvalue weighted by molar-refractivity contribution is 6.23. The van der Waals surface area contributed by atoms with E-state index >= 15 is 0 Å². The zero-order valence-corrected chi connectivity index (χ0v) is 30.3. The largest absolute Gasteiger partial charge is 0.456 e. The highest BCUT2D eigenvalue weighted by Gasteiger charge is 2.25. The molecule has 5 aromatic heterocycles. The molecule has 0 fully saturated rings. The van der Waals surface area contributed by atoms with Gasteiger partial charge in [-0.25, -0.2) is 9.97 Å². The highest BCUT2D eigenvalue weighted by Crippen LogP contribution is 2.48. The zero-order valence-electron chi connectivity index (χ0n) is 30.3. The van der Waals surface area contributed by atoms with Crippen molar-refractivity contribution in [2.75, 3.05) is 9.80 Å². The van der Waals surface area contributed by atoms with Gasteiger partial charge in [0.05, 0.1) is 22.7 Å². The summed E-state index contributed by atoms with van der Waals surface area (Å²) in [6, 6.07) is 58.5. The first-order valence-electron chi connectivity index (χ1n) is 18.9. The van der Waals surface area contributed by atoms with Crippen molar-refractivity contribution in [1.82, 2.24) is 9.97 Å². The molecule has 0 saturated heterocycles. The second-order valence-corrected chi connectivity index (χ2v) is 14.2. The minimum Gasteiger partial charge on any atom is -0.456 e. The molecular formula is C50H30N4O3. The van der Waals surface area contributed by atoms with E-state index in [0.717, 1.165) is 99.5 Å². The first-order valence-corrected chi connectivity index (χ1v) is 18.9. The molecule has 0 aliphatic rings. The van der Waals surface area contributed by atoms with E-state index in [1.807, 2.05) is 24.3 Å². The molecule has 7 nitrogen and oxygen atoms in total. The highest BCUT2D eigenvalue weighted by atomic mass is 16.3. The van der Waals surface area contributed by atoms with Crippen LogP contribution in [0.2, 0.25) is 0 Å². The summed E-state index contributed by atoms with van der Waals surface area (Å²) in [5, 5.41) is 8.26. The van der Waals surface area contributed by atoms with Crippen LogP contribution in [0.15, 0.2) is 196 Å². The van der Waals surface area contributed by atoms with Crippen molar-refractivity contribution in [1.29, 1.82) is 0 Å². The molecule has 7 heteroatoms. The lowest BCUT2D eigenvalue weighted by Crippen LogP contribution is -2.10. The Morgan fingerprint density at radius 1 is 0.333 bits per heavy atom. The van der Waals surface area contributed by atoms with Crippen molar-refractivity contribution in [3.05, 3.63) is 182 Å². The number of hydrogen-bond acceptors (Lipinski definition) is 7. The lowest BCUT2D eigenvalue weighted by Gasteiger charge is -2.27. The number of anilines is 6. The molecule has 268 valence electrons. The first kappa shape index (κ1) is 31.5. The molecule has 0 radical (unpaired) electrons. The Hall–Kier alpha value is -7.90. The molecule has 0 amide bonds. The van der Waals surface area contributed by atoms with Crippen LogP contribution in [-0.4, -0.2) is 9.97 Å². The number of rotatable bonds is 6. The summed E-state index contributed by atoms with van der Waals surface area (Å²) < 4.78 is 19.9. The molecule has 0 atom stereocenters. The summed E-state index contributed by atoms with van der Waals surface area (Å²) in [6.45, 7) is 0. The Kier molecular flexibility index (Phi) is 6.79. The van der Waals surface area contributed by atoms with Crippen LogP contribution in [0.25, 0.3) is 76.8 Å². The van der Waals surface area contributed by atoms with Gasteiger partial charge in [0.15, 0.2) is 11.2 Å². The van der Waals surface area contributed by atoms with Crippen LogP contribution in [-0.2, 0) is 0 Å². The summed E-state index contributed by atoms with van der Waals surface area (Å²) >= 11 is 0. The summed E-state index contributed by atoms with van der Waals surface area (Å²) in [7, 11) is 0. The van der Waals surface area contributed by atoms with Crippen molar-refractivity contribution in [2.24, 2.45) is 0 Å². The fraction of sp³-hybridized carbons (Fsp3) is 0. The summed E-state index contributed by atoms with van der Waals surface area (Å²) in [5.74, 6) is 0. The molecule has 0 saturated carbocycles. The van der Waals surface area contributed by atoms with Gasteiger partial charge in [-0.2, -0.15) is 0 Å². The molecule has 0 aliphatic carbocycles. The van der Waals surface area contributed by atoms with Crippen molar-refractivity contribution in [3.8, 4) is 0 Å². The van der Waals surface area contributed by atoms with Crippen LogP contribution in [0.5, 0.6) is 0 Å². The van der Waals surface area contributed by atoms with E-state index in [2.05, 4.69) is 165 Å². The van der Waals surface area contributed by atoms with Crippen molar-refractivity contribution in [3.63, 3.8) is 0 Å². The topological polar surface area (TPSA) is 71.7 Å². The molecule has 5 heterocycles. The van der Waals surface area contributed by atoms with Gasteiger partial charge in [-0.15, -0.1) is 0 Å². The van der Waals surface area contributed by atoms with E-state index in [9.17, 15) is 0 Å². The van der Waals surface area contributed by atoms with E-state index in [1.165, 1.54) is 0 Å². The normalized spacial score (nSPS) is 11.9. The van der Waals surface area contributed by atoms with Gasteiger partial charge in [0.1, 0.15) is 11.2 Å². The monoisotopic (exact) mass is 734 g/mol. The van der Waals surface area contributed by atoms with Crippen LogP contribution >= 0.6 is 0 Å². The summed E-state index contributed by atoms with van der Waals surface area (Å²) in [6.07, 6.45) is 3.53. The van der Waals surface area contributed by atoms with E-state index < -0.39 is 0 Å². The van der Waals surface area contributed by atoms with Crippen molar-refractivity contribution < 1.29 is 13.3 Å². The van der Waals surface area contributed by atoms with E-state index in [-0.39, 0.29) is 0 Å². The third-order valence-electron chi connectivity index (χ3n) is 11.0. The predicted molar refractivity (Wildman–Crippen MR) is 231 cm³/mol. The van der Waals surface area contributed by atoms with Gasteiger partial charge in [0, 0.05) is 73.6 Å². The average molecular weight is 735 g/mol. The number of pyridine rings is 2. The number of aromatic nitrogens is 2. The van der Waals surface area contributed by atoms with Gasteiger partial charge in [0.2, 0.25) is 11.4 Å². The lowest BCUT2D eigenvalue weighted by atomic mass is 10.00. The molecular weight excluding hydrogens is 705 g/mol. The minimum absolute atomic E-state index is 0.610. The van der Waals surface area contributed by atoms with Crippen LogP contribution in [0.4, 0.5) is 34.1 Å². The van der Waals surface area contributed by atoms with Gasteiger partial charge in [-0.1, -0.05) is 84.9 Å². The maximum atomic E-state index is 6.94. The first-order chi connectivity index (χ1) is 28.3. The maximum absolute atomic E-state index is 6.94. The Labute approximate surface area is 325 Å². The van der Waals surface area contributed by atoms with Gasteiger partial charge in [-0.3, -0.25) is 0 Å². The number of fused-ring (bicyclic) bond motifs is 11. The summed E-state index contributed by atoms with van der Waals surface area (Å²) in [4.78, 5) is 13.6. The van der Waals surface area contributed by atoms with Crippen LogP contribution in [0.3, 0.4) is 0 Å². The van der Waals surface area contributed by atoms with Gasteiger partial charge < -0.3 is 23.1 Å². The molecule has 0 N–H and O–H groups in total. The molecule has 12 rings (SSSR count). The molecule has 0 bridgehead atoms. The van der Waals surface area contributed by atoms with Crippen LogP contribution in [0.1, 0.15) is 0 Å². The van der Waals surface area contributed by atoms with Crippen LogP contribution in [0, 0.1) is 0 Å². The number of benzene rings is 7. The number of furan rings is 3. The Morgan fingerprint density at radius 2 is 0.877 bits per heavy atom. The SMILES string of the molecule is c1ccc(N(c2ccc3c(c2)oc2cc(N(c4ccccc4)c4cccc5c4oc4ncccc45)c4ccccc4c23)c2cccc3c2oc2ncccc23)cc1. The second kappa shape index (κ2) is 12.3. The van der Waals surface area contributed by atoms with Crippen LogP contribution < -0.4 is 9.80 Å². The fourth-order valence-electron chi connectivity index (χ4n) is 8.51. The number of hydrogen-bond donors (Lipinski definition) is 0. The van der Waals surface area contributed by atoms with Gasteiger partial charge in [0.25, 0.3) is 0 Å². The quantitative estimate of drug-likeness (QED) is 0.168. The van der Waals surface area contributed by atoms with E-state index in [4.69, 9.17) is 13.3 Å². The standard InChI is InChI=1S/C50H30N4O3/c1-3-13-31(14-4-1)53(41-23-9-19-36-38-21-11-27-51-49(38)56-47(36)41)33-25-26-40-44(29-33)55-45-30-43(34-17-7-8-18-35(34)46(40)45)54(32-15-5-2-6-16-32)42-24-10-20-37-39-22-12-28-52-50(39)57-48(37)42/h1-30H. The Balaban J connectivity index is 1.09. The molecule has 0 aliphatic heterocycles.